The standard InChI is InChI=1S/C15H19ClN2O3/c1-10-4-5-12(11(16)8-10)17-14(21)18-7-3-6-15(2,9-18)13(19)20/h4-5,8H,3,6-7,9H2,1-2H3,(H,17,21)(H,19,20). The van der Waals surface area contributed by atoms with Crippen LogP contribution in [0.3, 0.4) is 0 Å². The highest BCUT2D eigenvalue weighted by atomic mass is 35.5. The van der Waals surface area contributed by atoms with Gasteiger partial charge in [0.2, 0.25) is 0 Å². The van der Waals surface area contributed by atoms with Crippen LogP contribution in [0.2, 0.25) is 5.02 Å². The molecule has 2 amide bonds. The van der Waals surface area contributed by atoms with E-state index in [-0.39, 0.29) is 12.6 Å². The summed E-state index contributed by atoms with van der Waals surface area (Å²) in [5, 5.41) is 12.5. The van der Waals surface area contributed by atoms with E-state index in [9.17, 15) is 14.7 Å². The van der Waals surface area contributed by atoms with E-state index in [0.29, 0.717) is 30.1 Å². The van der Waals surface area contributed by atoms with Crippen molar-refractivity contribution in [1.29, 1.82) is 0 Å². The number of benzene rings is 1. The molecule has 1 atom stereocenters. The fourth-order valence-electron chi connectivity index (χ4n) is 2.50. The normalized spacial score (nSPS) is 22.0. The minimum Gasteiger partial charge on any atom is -0.481 e. The number of hydrogen-bond donors (Lipinski definition) is 2. The predicted octanol–water partition coefficient (Wildman–Crippen LogP) is 3.37. The molecule has 1 saturated heterocycles. The quantitative estimate of drug-likeness (QED) is 0.880. The Balaban J connectivity index is 2.08. The lowest BCUT2D eigenvalue weighted by atomic mass is 9.82. The second-order valence-corrected chi connectivity index (χ2v) is 6.21. The van der Waals surface area contributed by atoms with Gasteiger partial charge in [-0.3, -0.25) is 4.79 Å². The fourth-order valence-corrected chi connectivity index (χ4v) is 2.79. The summed E-state index contributed by atoms with van der Waals surface area (Å²) < 4.78 is 0. The lowest BCUT2D eigenvalue weighted by Crippen LogP contribution is -2.49. The molecule has 1 aromatic rings. The van der Waals surface area contributed by atoms with E-state index < -0.39 is 11.4 Å². The van der Waals surface area contributed by atoms with Crippen LogP contribution in [0.5, 0.6) is 0 Å². The SMILES string of the molecule is Cc1ccc(NC(=O)N2CCCC(C)(C(=O)O)C2)c(Cl)c1. The zero-order chi connectivity index (χ0) is 15.6. The fraction of sp³-hybridized carbons (Fsp3) is 0.467. The summed E-state index contributed by atoms with van der Waals surface area (Å²) in [6, 6.07) is 5.07. The van der Waals surface area contributed by atoms with Gasteiger partial charge in [0, 0.05) is 13.1 Å². The number of rotatable bonds is 2. The molecule has 0 aliphatic carbocycles. The van der Waals surface area contributed by atoms with Crippen molar-refractivity contribution in [2.75, 3.05) is 18.4 Å². The number of amides is 2. The van der Waals surface area contributed by atoms with Gasteiger partial charge in [0.1, 0.15) is 0 Å². The Bertz CT molecular complexity index is 576. The Labute approximate surface area is 128 Å². The average molecular weight is 311 g/mol. The van der Waals surface area contributed by atoms with Gasteiger partial charge in [-0.25, -0.2) is 4.79 Å². The van der Waals surface area contributed by atoms with Gasteiger partial charge < -0.3 is 15.3 Å². The number of urea groups is 1. The van der Waals surface area contributed by atoms with Crippen molar-refractivity contribution < 1.29 is 14.7 Å². The second-order valence-electron chi connectivity index (χ2n) is 5.80. The first-order chi connectivity index (χ1) is 9.82. The van der Waals surface area contributed by atoms with E-state index in [1.807, 2.05) is 13.0 Å². The number of likely N-dealkylation sites (tertiary alicyclic amines) is 1. The van der Waals surface area contributed by atoms with Crippen molar-refractivity contribution >= 4 is 29.3 Å². The number of anilines is 1. The van der Waals surface area contributed by atoms with Gasteiger partial charge in [0.25, 0.3) is 0 Å². The van der Waals surface area contributed by atoms with Gasteiger partial charge in [-0.2, -0.15) is 0 Å². The average Bonchev–Trinajstić information content (AvgIpc) is 2.41. The highest BCUT2D eigenvalue weighted by Crippen LogP contribution is 2.30. The van der Waals surface area contributed by atoms with E-state index in [2.05, 4.69) is 5.32 Å². The number of hydrogen-bond acceptors (Lipinski definition) is 2. The molecule has 5 nitrogen and oxygen atoms in total. The number of carbonyl (C=O) groups is 2. The third kappa shape index (κ3) is 3.47. The van der Waals surface area contributed by atoms with Gasteiger partial charge in [0.05, 0.1) is 16.1 Å². The van der Waals surface area contributed by atoms with Crippen molar-refractivity contribution in [3.8, 4) is 0 Å². The first kappa shape index (κ1) is 15.6. The number of carboxylic acids is 1. The molecule has 1 unspecified atom stereocenters. The molecular formula is C15H19ClN2O3. The maximum absolute atomic E-state index is 12.3. The molecular weight excluding hydrogens is 292 g/mol. The van der Waals surface area contributed by atoms with E-state index in [4.69, 9.17) is 11.6 Å². The van der Waals surface area contributed by atoms with Crippen LogP contribution < -0.4 is 5.32 Å². The molecule has 2 rings (SSSR count). The van der Waals surface area contributed by atoms with E-state index in [1.54, 1.807) is 19.1 Å². The van der Waals surface area contributed by atoms with Crippen molar-refractivity contribution in [2.24, 2.45) is 5.41 Å². The second kappa shape index (κ2) is 5.93. The lowest BCUT2D eigenvalue weighted by Gasteiger charge is -2.37. The number of aliphatic carboxylic acids is 1. The van der Waals surface area contributed by atoms with Crippen LogP contribution in [0.15, 0.2) is 18.2 Å². The Hall–Kier alpha value is -1.75. The van der Waals surface area contributed by atoms with E-state index >= 15 is 0 Å². The van der Waals surface area contributed by atoms with Crippen LogP contribution in [-0.2, 0) is 4.79 Å². The summed E-state index contributed by atoms with van der Waals surface area (Å²) in [4.78, 5) is 25.1. The maximum Gasteiger partial charge on any atom is 0.321 e. The van der Waals surface area contributed by atoms with Crippen molar-refractivity contribution in [3.05, 3.63) is 28.8 Å². The number of nitrogens with one attached hydrogen (secondary N) is 1. The Morgan fingerprint density at radius 1 is 1.43 bits per heavy atom. The molecule has 2 N–H and O–H groups in total. The molecule has 0 radical (unpaired) electrons. The Morgan fingerprint density at radius 3 is 2.76 bits per heavy atom. The van der Waals surface area contributed by atoms with Crippen molar-refractivity contribution in [1.82, 2.24) is 4.90 Å². The molecule has 0 bridgehead atoms. The molecule has 6 heteroatoms. The number of aryl methyl sites for hydroxylation is 1. The van der Waals surface area contributed by atoms with Crippen molar-refractivity contribution in [2.45, 2.75) is 26.7 Å². The Morgan fingerprint density at radius 2 is 2.14 bits per heavy atom. The summed E-state index contributed by atoms with van der Waals surface area (Å²) >= 11 is 6.09. The molecule has 1 aliphatic rings. The van der Waals surface area contributed by atoms with Gasteiger partial charge in [-0.05, 0) is 44.4 Å². The number of carboxylic acid groups (broad SMARTS) is 1. The third-order valence-electron chi connectivity index (χ3n) is 3.87. The maximum atomic E-state index is 12.3. The number of carbonyl (C=O) groups excluding carboxylic acids is 1. The van der Waals surface area contributed by atoms with Crippen molar-refractivity contribution in [3.63, 3.8) is 0 Å². The molecule has 0 saturated carbocycles. The van der Waals surface area contributed by atoms with Crippen LogP contribution in [0.1, 0.15) is 25.3 Å². The van der Waals surface area contributed by atoms with E-state index in [0.717, 1.165) is 5.56 Å². The largest absolute Gasteiger partial charge is 0.481 e. The molecule has 0 spiro atoms. The minimum atomic E-state index is -0.882. The minimum absolute atomic E-state index is 0.206. The zero-order valence-electron chi connectivity index (χ0n) is 12.1. The highest BCUT2D eigenvalue weighted by molar-refractivity contribution is 6.33. The van der Waals surface area contributed by atoms with Crippen LogP contribution in [0, 0.1) is 12.3 Å². The predicted molar refractivity (Wildman–Crippen MR) is 81.8 cm³/mol. The first-order valence-electron chi connectivity index (χ1n) is 6.87. The molecule has 0 aromatic heterocycles. The van der Waals surface area contributed by atoms with Gasteiger partial charge >= 0.3 is 12.0 Å². The van der Waals surface area contributed by atoms with Crippen LogP contribution in [0.4, 0.5) is 10.5 Å². The van der Waals surface area contributed by atoms with Crippen LogP contribution >= 0.6 is 11.6 Å². The molecule has 1 fully saturated rings. The third-order valence-corrected chi connectivity index (χ3v) is 4.18. The highest BCUT2D eigenvalue weighted by Gasteiger charge is 2.39. The van der Waals surface area contributed by atoms with Gasteiger partial charge in [-0.1, -0.05) is 17.7 Å². The summed E-state index contributed by atoms with van der Waals surface area (Å²) in [6.45, 7) is 4.35. The summed E-state index contributed by atoms with van der Waals surface area (Å²) in [6.07, 6.45) is 1.26. The molecule has 1 aromatic carbocycles. The first-order valence-corrected chi connectivity index (χ1v) is 7.25. The number of piperidine rings is 1. The molecule has 114 valence electrons. The van der Waals surface area contributed by atoms with Crippen LogP contribution in [-0.4, -0.2) is 35.1 Å². The van der Waals surface area contributed by atoms with Crippen LogP contribution in [0.25, 0.3) is 0 Å². The lowest BCUT2D eigenvalue weighted by molar-refractivity contribution is -0.150. The zero-order valence-corrected chi connectivity index (χ0v) is 12.9. The topological polar surface area (TPSA) is 69.6 Å². The monoisotopic (exact) mass is 310 g/mol. The summed E-state index contributed by atoms with van der Waals surface area (Å²) in [5.74, 6) is -0.867. The van der Waals surface area contributed by atoms with E-state index in [1.165, 1.54) is 4.90 Å². The summed E-state index contributed by atoms with van der Waals surface area (Å²) in [5.41, 5.74) is 0.663. The smallest absolute Gasteiger partial charge is 0.321 e. The van der Waals surface area contributed by atoms with Gasteiger partial charge in [-0.15, -0.1) is 0 Å². The molecule has 1 heterocycles. The Kier molecular flexibility index (Phi) is 4.42. The number of halogens is 1. The molecule has 21 heavy (non-hydrogen) atoms. The number of nitrogens with zero attached hydrogens (tertiary/aromatic N) is 1. The summed E-state index contributed by atoms with van der Waals surface area (Å²) in [7, 11) is 0. The van der Waals surface area contributed by atoms with Gasteiger partial charge in [0.15, 0.2) is 0 Å². The molecule has 1 aliphatic heterocycles.